The summed E-state index contributed by atoms with van der Waals surface area (Å²) >= 11 is 0. The van der Waals surface area contributed by atoms with Gasteiger partial charge in [-0.2, -0.15) is 0 Å². The quantitative estimate of drug-likeness (QED) is 0.440. The van der Waals surface area contributed by atoms with Crippen molar-refractivity contribution in [2.45, 2.75) is 18.9 Å². The maximum Gasteiger partial charge on any atom is 0.213 e. The second-order valence-corrected chi connectivity index (χ2v) is 5.95. The second kappa shape index (κ2) is 9.60. The summed E-state index contributed by atoms with van der Waals surface area (Å²) in [7, 11) is 3.47. The number of aliphatic imine (C=N–C) groups is 1. The highest BCUT2D eigenvalue weighted by Gasteiger charge is 2.25. The van der Waals surface area contributed by atoms with Gasteiger partial charge in [-0.1, -0.05) is 30.3 Å². The number of methoxy groups -OCH3 is 1. The lowest BCUT2D eigenvalue weighted by molar-refractivity contribution is 0.397. The van der Waals surface area contributed by atoms with Crippen molar-refractivity contribution in [1.29, 1.82) is 0 Å². The molecule has 1 aromatic carbocycles. The molecule has 0 amide bonds. The van der Waals surface area contributed by atoms with Crippen LogP contribution in [0, 0.1) is 0 Å². The van der Waals surface area contributed by atoms with E-state index >= 15 is 0 Å². The van der Waals surface area contributed by atoms with Crippen LogP contribution in [-0.2, 0) is 6.54 Å². The van der Waals surface area contributed by atoms with Crippen LogP contribution in [-0.4, -0.2) is 43.1 Å². The summed E-state index contributed by atoms with van der Waals surface area (Å²) in [5, 5.41) is 3.44. The van der Waals surface area contributed by atoms with Gasteiger partial charge in [0.05, 0.1) is 7.11 Å². The van der Waals surface area contributed by atoms with E-state index in [0.717, 1.165) is 31.0 Å². The van der Waals surface area contributed by atoms with E-state index in [2.05, 4.69) is 50.5 Å². The molecule has 3 rings (SSSR count). The Balaban J connectivity index is 0.00000225. The molecule has 1 aliphatic heterocycles. The molecule has 1 atom stereocenters. The molecule has 0 bridgehead atoms. The van der Waals surface area contributed by atoms with Crippen LogP contribution in [0.2, 0.25) is 0 Å². The molecule has 1 saturated heterocycles. The van der Waals surface area contributed by atoms with Crippen LogP contribution in [0.25, 0.3) is 0 Å². The highest BCUT2D eigenvalue weighted by Crippen LogP contribution is 2.26. The summed E-state index contributed by atoms with van der Waals surface area (Å²) in [6.45, 7) is 2.74. The smallest absolute Gasteiger partial charge is 0.213 e. The van der Waals surface area contributed by atoms with Gasteiger partial charge >= 0.3 is 0 Å². The number of ether oxygens (including phenoxy) is 1. The van der Waals surface area contributed by atoms with E-state index in [9.17, 15) is 0 Å². The van der Waals surface area contributed by atoms with Crippen LogP contribution < -0.4 is 10.1 Å². The Morgan fingerprint density at radius 3 is 2.84 bits per heavy atom. The summed E-state index contributed by atoms with van der Waals surface area (Å²) in [6.07, 6.45) is 2.92. The number of guanidine groups is 1. The fourth-order valence-electron chi connectivity index (χ4n) is 3.14. The van der Waals surface area contributed by atoms with E-state index in [-0.39, 0.29) is 24.0 Å². The molecule has 1 fully saturated rings. The predicted molar refractivity (Wildman–Crippen MR) is 112 cm³/mol. The number of pyridine rings is 1. The Morgan fingerprint density at radius 2 is 2.12 bits per heavy atom. The number of halogens is 1. The van der Waals surface area contributed by atoms with Crippen molar-refractivity contribution >= 4 is 29.9 Å². The molecule has 1 unspecified atom stereocenters. The largest absolute Gasteiger partial charge is 0.481 e. The van der Waals surface area contributed by atoms with Crippen LogP contribution in [0.5, 0.6) is 5.88 Å². The van der Waals surface area contributed by atoms with Gasteiger partial charge in [0.25, 0.3) is 0 Å². The molecule has 5 nitrogen and oxygen atoms in total. The average molecular weight is 452 g/mol. The molecule has 2 aromatic rings. The summed E-state index contributed by atoms with van der Waals surface area (Å²) in [5.74, 6) is 2.16. The zero-order valence-electron chi connectivity index (χ0n) is 14.7. The van der Waals surface area contributed by atoms with Crippen LogP contribution in [0.3, 0.4) is 0 Å². The van der Waals surface area contributed by atoms with Crippen LogP contribution in [0.1, 0.15) is 23.5 Å². The topological polar surface area (TPSA) is 49.8 Å². The van der Waals surface area contributed by atoms with Crippen LogP contribution >= 0.6 is 24.0 Å². The first-order chi connectivity index (χ1) is 11.8. The minimum absolute atomic E-state index is 0. The fourth-order valence-corrected chi connectivity index (χ4v) is 3.14. The molecular weight excluding hydrogens is 427 g/mol. The van der Waals surface area contributed by atoms with Gasteiger partial charge in [0.2, 0.25) is 5.88 Å². The molecule has 1 aromatic heterocycles. The number of likely N-dealkylation sites (tertiary alicyclic amines) is 1. The van der Waals surface area contributed by atoms with Gasteiger partial charge in [0.1, 0.15) is 0 Å². The molecule has 1 N–H and O–H groups in total. The average Bonchev–Trinajstić information content (AvgIpc) is 3.13. The van der Waals surface area contributed by atoms with E-state index < -0.39 is 0 Å². The third-order valence-electron chi connectivity index (χ3n) is 4.43. The Hall–Kier alpha value is -1.83. The first-order valence-electron chi connectivity index (χ1n) is 8.29. The number of aromatic nitrogens is 1. The van der Waals surface area contributed by atoms with E-state index in [1.165, 1.54) is 5.56 Å². The minimum Gasteiger partial charge on any atom is -0.481 e. The van der Waals surface area contributed by atoms with Gasteiger partial charge < -0.3 is 15.0 Å². The third kappa shape index (κ3) is 5.07. The van der Waals surface area contributed by atoms with Crippen molar-refractivity contribution < 1.29 is 4.74 Å². The fraction of sp³-hybridized carbons (Fsp3) is 0.368. The molecule has 2 heterocycles. The predicted octanol–water partition coefficient (Wildman–Crippen LogP) is 3.27. The third-order valence-corrected chi connectivity index (χ3v) is 4.43. The van der Waals surface area contributed by atoms with Crippen molar-refractivity contribution in [2.24, 2.45) is 4.99 Å². The highest BCUT2D eigenvalue weighted by molar-refractivity contribution is 14.0. The maximum absolute atomic E-state index is 5.17. The minimum atomic E-state index is 0. The van der Waals surface area contributed by atoms with Gasteiger partial charge in [-0.05, 0) is 23.6 Å². The van der Waals surface area contributed by atoms with E-state index in [1.54, 1.807) is 13.3 Å². The lowest BCUT2D eigenvalue weighted by Gasteiger charge is -2.22. The normalized spacial score (nSPS) is 17.1. The number of hydrogen-bond acceptors (Lipinski definition) is 3. The maximum atomic E-state index is 5.17. The monoisotopic (exact) mass is 452 g/mol. The molecule has 6 heteroatoms. The lowest BCUT2D eigenvalue weighted by Crippen LogP contribution is -2.39. The molecule has 1 aliphatic rings. The lowest BCUT2D eigenvalue weighted by atomic mass is 9.99. The van der Waals surface area contributed by atoms with Gasteiger partial charge in [-0.3, -0.25) is 4.99 Å². The van der Waals surface area contributed by atoms with Crippen molar-refractivity contribution in [3.63, 3.8) is 0 Å². The molecule has 0 saturated carbocycles. The highest BCUT2D eigenvalue weighted by atomic mass is 127. The number of benzene rings is 1. The molecule has 134 valence electrons. The molecule has 0 radical (unpaired) electrons. The van der Waals surface area contributed by atoms with Crippen molar-refractivity contribution in [3.8, 4) is 5.88 Å². The summed E-state index contributed by atoms with van der Waals surface area (Å²) in [5.41, 5.74) is 2.54. The zero-order valence-corrected chi connectivity index (χ0v) is 17.0. The van der Waals surface area contributed by atoms with Crippen LogP contribution in [0.4, 0.5) is 0 Å². The summed E-state index contributed by atoms with van der Waals surface area (Å²) in [6, 6.07) is 14.7. The first kappa shape index (κ1) is 19.5. The molecular formula is C19H25IN4O. The Bertz CT molecular complexity index is 693. The Morgan fingerprint density at radius 1 is 1.32 bits per heavy atom. The molecule has 0 aliphatic carbocycles. The zero-order chi connectivity index (χ0) is 16.8. The Kier molecular flexibility index (Phi) is 7.49. The number of nitrogens with zero attached hydrogens (tertiary/aromatic N) is 3. The van der Waals surface area contributed by atoms with Crippen molar-refractivity contribution in [1.82, 2.24) is 15.2 Å². The molecule has 0 spiro atoms. The van der Waals surface area contributed by atoms with Gasteiger partial charge in [-0.15, -0.1) is 24.0 Å². The van der Waals surface area contributed by atoms with Crippen LogP contribution in [0.15, 0.2) is 53.7 Å². The van der Waals surface area contributed by atoms with Gasteiger partial charge in [0.15, 0.2) is 5.96 Å². The van der Waals surface area contributed by atoms with Crippen molar-refractivity contribution in [2.75, 3.05) is 27.2 Å². The number of rotatable bonds is 4. The van der Waals surface area contributed by atoms with E-state index in [0.29, 0.717) is 18.3 Å². The molecule has 25 heavy (non-hydrogen) atoms. The number of nitrogens with one attached hydrogen (secondary N) is 1. The van der Waals surface area contributed by atoms with E-state index in [1.807, 2.05) is 19.2 Å². The first-order valence-corrected chi connectivity index (χ1v) is 8.29. The van der Waals surface area contributed by atoms with Crippen molar-refractivity contribution in [3.05, 3.63) is 59.8 Å². The van der Waals surface area contributed by atoms with Gasteiger partial charge in [0, 0.05) is 44.9 Å². The number of hydrogen-bond donors (Lipinski definition) is 1. The SMILES string of the molecule is CN=C(NCc1ccnc(OC)c1)N1CCC(c2ccccc2)C1.I. The van der Waals surface area contributed by atoms with Gasteiger partial charge in [-0.25, -0.2) is 4.98 Å². The second-order valence-electron chi connectivity index (χ2n) is 5.95. The Labute approximate surface area is 166 Å². The van der Waals surface area contributed by atoms with E-state index in [4.69, 9.17) is 4.74 Å². The summed E-state index contributed by atoms with van der Waals surface area (Å²) in [4.78, 5) is 10.9. The standard InChI is InChI=1S/C19H24N4O.HI/c1-20-19(22-13-15-8-10-21-18(12-15)24-2)23-11-9-17(14-23)16-6-4-3-5-7-16;/h3-8,10,12,17H,9,11,13-14H2,1-2H3,(H,20,22);1H. The summed E-state index contributed by atoms with van der Waals surface area (Å²) < 4.78 is 5.17.